The number of aryl methyl sites for hydroxylation is 1. The van der Waals surface area contributed by atoms with Crippen LogP contribution in [0.3, 0.4) is 0 Å². The normalized spacial score (nSPS) is 11.0. The van der Waals surface area contributed by atoms with Crippen LogP contribution in [0.25, 0.3) is 0 Å². The third kappa shape index (κ3) is 2.89. The van der Waals surface area contributed by atoms with Crippen LogP contribution in [-0.4, -0.2) is 20.9 Å². The van der Waals surface area contributed by atoms with Crippen molar-refractivity contribution in [1.82, 2.24) is 19.7 Å². The molecule has 0 atom stereocenters. The molecule has 0 spiro atoms. The van der Waals surface area contributed by atoms with Gasteiger partial charge in [-0.05, 0) is 25.1 Å². The average molecular weight is 250 g/mol. The first-order valence-electron chi connectivity index (χ1n) is 6.07. The second kappa shape index (κ2) is 5.68. The quantitative estimate of drug-likeness (QED) is 0.767. The fraction of sp³-hybridized carbons (Fsp3) is 0.500. The van der Waals surface area contributed by atoms with E-state index < -0.39 is 0 Å². The third-order valence-corrected chi connectivity index (χ3v) is 2.64. The lowest BCUT2D eigenvalue weighted by Gasteiger charge is -1.99. The van der Waals surface area contributed by atoms with Crippen molar-refractivity contribution in [3.63, 3.8) is 0 Å². The van der Waals surface area contributed by atoms with Gasteiger partial charge in [0.2, 0.25) is 0 Å². The van der Waals surface area contributed by atoms with Crippen LogP contribution in [0.2, 0.25) is 0 Å². The molecule has 0 saturated heterocycles. The zero-order valence-electron chi connectivity index (χ0n) is 10.7. The monoisotopic (exact) mass is 250 g/mol. The van der Waals surface area contributed by atoms with Gasteiger partial charge in [-0.2, -0.15) is 5.10 Å². The Morgan fingerprint density at radius 1 is 1.39 bits per heavy atom. The van der Waals surface area contributed by atoms with Crippen molar-refractivity contribution >= 4 is 0 Å². The van der Waals surface area contributed by atoms with Crippen LogP contribution in [0.5, 0.6) is 0 Å². The largest absolute Gasteiger partial charge is 0.463 e. The molecule has 1 N–H and O–H groups in total. The Morgan fingerprint density at radius 3 is 2.83 bits per heavy atom. The summed E-state index contributed by atoms with van der Waals surface area (Å²) < 4.78 is 8.44. The number of rotatable bonds is 6. The van der Waals surface area contributed by atoms with Gasteiger partial charge in [-0.25, -0.2) is 9.48 Å². The summed E-state index contributed by atoms with van der Waals surface area (Å²) >= 11 is 0. The molecule has 0 aromatic carbocycles. The van der Waals surface area contributed by atoms with Gasteiger partial charge in [0.05, 0.1) is 6.54 Å². The predicted octanol–water partition coefficient (Wildman–Crippen LogP) is 0.723. The fourth-order valence-electron chi connectivity index (χ4n) is 1.67. The van der Waals surface area contributed by atoms with Crippen molar-refractivity contribution in [3.8, 4) is 0 Å². The van der Waals surface area contributed by atoms with Gasteiger partial charge in [-0.1, -0.05) is 6.92 Å². The Labute approximate surface area is 105 Å². The number of hydrogen-bond donors (Lipinski definition) is 1. The van der Waals surface area contributed by atoms with E-state index >= 15 is 0 Å². The van der Waals surface area contributed by atoms with Crippen LogP contribution < -0.4 is 11.0 Å². The molecule has 0 radical (unpaired) electrons. The number of furan rings is 1. The van der Waals surface area contributed by atoms with Crippen LogP contribution in [0.1, 0.15) is 24.9 Å². The second-order valence-corrected chi connectivity index (χ2v) is 4.23. The van der Waals surface area contributed by atoms with Gasteiger partial charge in [0.25, 0.3) is 0 Å². The first kappa shape index (κ1) is 12.6. The summed E-state index contributed by atoms with van der Waals surface area (Å²) in [5.74, 6) is 1.62. The summed E-state index contributed by atoms with van der Waals surface area (Å²) in [5.41, 5.74) is -0.142. The molecule has 2 aromatic rings. The van der Waals surface area contributed by atoms with Crippen LogP contribution in [0.15, 0.2) is 27.7 Å². The predicted molar refractivity (Wildman–Crippen MR) is 67.3 cm³/mol. The van der Waals surface area contributed by atoms with E-state index in [1.54, 1.807) is 7.05 Å². The first-order chi connectivity index (χ1) is 8.70. The van der Waals surface area contributed by atoms with E-state index in [9.17, 15) is 4.79 Å². The fourth-order valence-corrected chi connectivity index (χ4v) is 1.67. The topological polar surface area (TPSA) is 65.0 Å². The van der Waals surface area contributed by atoms with E-state index in [2.05, 4.69) is 17.3 Å². The van der Waals surface area contributed by atoms with Gasteiger partial charge in [0.1, 0.15) is 24.4 Å². The summed E-state index contributed by atoms with van der Waals surface area (Å²) in [6, 6.07) is 3.80. The summed E-state index contributed by atoms with van der Waals surface area (Å²) in [7, 11) is 1.67. The zero-order valence-corrected chi connectivity index (χ0v) is 10.7. The minimum atomic E-state index is -0.142. The molecule has 2 rings (SSSR count). The molecule has 0 saturated carbocycles. The maximum atomic E-state index is 11.6. The average Bonchev–Trinajstić information content (AvgIpc) is 2.92. The van der Waals surface area contributed by atoms with E-state index in [0.717, 1.165) is 24.5 Å². The summed E-state index contributed by atoms with van der Waals surface area (Å²) in [4.78, 5) is 11.6. The Morgan fingerprint density at radius 2 is 2.17 bits per heavy atom. The van der Waals surface area contributed by atoms with E-state index in [-0.39, 0.29) is 5.69 Å². The summed E-state index contributed by atoms with van der Waals surface area (Å²) in [6.45, 7) is 4.17. The van der Waals surface area contributed by atoms with Crippen molar-refractivity contribution < 1.29 is 4.42 Å². The highest BCUT2D eigenvalue weighted by atomic mass is 16.3. The molecule has 2 aromatic heterocycles. The standard InChI is InChI=1S/C12H18N4O2/c1-3-6-13-7-10-4-5-11(18-10)8-16-12(17)15(2)9-14-16/h4-5,9,13H,3,6-8H2,1-2H3. The number of nitrogens with zero attached hydrogens (tertiary/aromatic N) is 3. The highest BCUT2D eigenvalue weighted by Crippen LogP contribution is 2.08. The molecule has 0 fully saturated rings. The zero-order chi connectivity index (χ0) is 13.0. The molecule has 0 amide bonds. The van der Waals surface area contributed by atoms with E-state index in [1.807, 2.05) is 12.1 Å². The molecule has 2 heterocycles. The molecule has 0 bridgehead atoms. The molecule has 18 heavy (non-hydrogen) atoms. The van der Waals surface area contributed by atoms with Crippen molar-refractivity contribution in [3.05, 3.63) is 40.5 Å². The molecule has 98 valence electrons. The van der Waals surface area contributed by atoms with Gasteiger partial charge in [0, 0.05) is 7.05 Å². The van der Waals surface area contributed by atoms with Crippen LogP contribution >= 0.6 is 0 Å². The molecule has 6 heteroatoms. The number of hydrogen-bond acceptors (Lipinski definition) is 4. The lowest BCUT2D eigenvalue weighted by molar-refractivity contribution is 0.427. The second-order valence-electron chi connectivity index (χ2n) is 4.23. The molecule has 6 nitrogen and oxygen atoms in total. The minimum absolute atomic E-state index is 0.142. The molecule has 0 aliphatic heterocycles. The third-order valence-electron chi connectivity index (χ3n) is 2.64. The van der Waals surface area contributed by atoms with Gasteiger partial charge in [-0.3, -0.25) is 4.57 Å². The molecule has 0 unspecified atom stereocenters. The number of aromatic nitrogens is 3. The number of nitrogens with one attached hydrogen (secondary N) is 1. The van der Waals surface area contributed by atoms with Crippen LogP contribution in [0.4, 0.5) is 0 Å². The van der Waals surface area contributed by atoms with Crippen LogP contribution in [-0.2, 0) is 20.1 Å². The van der Waals surface area contributed by atoms with Gasteiger partial charge in [0.15, 0.2) is 0 Å². The lowest BCUT2D eigenvalue weighted by Crippen LogP contribution is -2.23. The van der Waals surface area contributed by atoms with E-state index in [1.165, 1.54) is 15.6 Å². The van der Waals surface area contributed by atoms with Gasteiger partial charge >= 0.3 is 5.69 Å². The maximum Gasteiger partial charge on any atom is 0.345 e. The van der Waals surface area contributed by atoms with Crippen molar-refractivity contribution in [1.29, 1.82) is 0 Å². The Bertz CT molecular complexity index is 552. The highest BCUT2D eigenvalue weighted by molar-refractivity contribution is 5.07. The first-order valence-corrected chi connectivity index (χ1v) is 6.07. The summed E-state index contributed by atoms with van der Waals surface area (Å²) in [5, 5.41) is 7.25. The maximum absolute atomic E-state index is 11.6. The SMILES string of the molecule is CCCNCc1ccc(Cn2ncn(C)c2=O)o1. The lowest BCUT2D eigenvalue weighted by atomic mass is 10.4. The van der Waals surface area contributed by atoms with E-state index in [0.29, 0.717) is 13.1 Å². The van der Waals surface area contributed by atoms with Crippen LogP contribution in [0, 0.1) is 0 Å². The minimum Gasteiger partial charge on any atom is -0.463 e. The van der Waals surface area contributed by atoms with Crippen molar-refractivity contribution in [2.45, 2.75) is 26.4 Å². The molecule has 0 aliphatic carbocycles. The molecule has 0 aliphatic rings. The van der Waals surface area contributed by atoms with Crippen molar-refractivity contribution in [2.24, 2.45) is 7.05 Å². The Balaban J connectivity index is 1.98. The smallest absolute Gasteiger partial charge is 0.345 e. The van der Waals surface area contributed by atoms with Gasteiger partial charge in [-0.15, -0.1) is 0 Å². The molecular formula is C12H18N4O2. The Kier molecular flexibility index (Phi) is 3.99. The van der Waals surface area contributed by atoms with Crippen molar-refractivity contribution in [2.75, 3.05) is 6.54 Å². The highest BCUT2D eigenvalue weighted by Gasteiger charge is 2.06. The Hall–Kier alpha value is -1.82. The van der Waals surface area contributed by atoms with Gasteiger partial charge < -0.3 is 9.73 Å². The molecular weight excluding hydrogens is 232 g/mol. The van der Waals surface area contributed by atoms with E-state index in [4.69, 9.17) is 4.42 Å². The summed E-state index contributed by atoms with van der Waals surface area (Å²) in [6.07, 6.45) is 2.59.